The molecule has 4 aromatic carbocycles. The largest absolute Gasteiger partial charge is 0.507 e. The minimum Gasteiger partial charge on any atom is -0.507 e. The van der Waals surface area contributed by atoms with Crippen molar-refractivity contribution in [1.29, 1.82) is 0 Å². The Balaban J connectivity index is 0.00000387. The molecule has 6 heteroatoms. The molecule has 2 aliphatic rings. The number of phenols is 1. The minimum absolute atomic E-state index is 0. The van der Waals surface area contributed by atoms with Gasteiger partial charge in [-0.3, -0.25) is 9.97 Å². The van der Waals surface area contributed by atoms with E-state index in [0.717, 1.165) is 44.1 Å². The maximum Gasteiger partial charge on any atom is 0.230 e. The van der Waals surface area contributed by atoms with Crippen LogP contribution in [0.5, 0.6) is 5.75 Å². The van der Waals surface area contributed by atoms with Crippen LogP contribution in [0.25, 0.3) is 66.6 Å². The monoisotopic (exact) mass is 865 g/mol. The zero-order valence-electron chi connectivity index (χ0n) is 30.1. The van der Waals surface area contributed by atoms with Gasteiger partial charge in [-0.25, -0.2) is 4.98 Å². The molecule has 1 N–H and O–H groups in total. The summed E-state index contributed by atoms with van der Waals surface area (Å²) in [6.45, 7) is 6.38. The first-order chi connectivity index (χ1) is 24.7. The molecule has 3 aromatic heterocycles. The van der Waals surface area contributed by atoms with Gasteiger partial charge < -0.3 is 9.52 Å². The number of fused-ring (bicyclic) bond motifs is 5. The van der Waals surface area contributed by atoms with Gasteiger partial charge in [0.1, 0.15) is 11.3 Å². The summed E-state index contributed by atoms with van der Waals surface area (Å²) in [6.07, 6.45) is 16.4. The van der Waals surface area contributed by atoms with Crippen molar-refractivity contribution in [3.63, 3.8) is 0 Å². The van der Waals surface area contributed by atoms with Crippen molar-refractivity contribution in [2.45, 2.75) is 89.9 Å². The van der Waals surface area contributed by atoms with Gasteiger partial charge in [0, 0.05) is 44.7 Å². The van der Waals surface area contributed by atoms with E-state index >= 15 is 0 Å². The molecule has 266 valence electrons. The van der Waals surface area contributed by atoms with Crippen molar-refractivity contribution in [3.05, 3.63) is 108 Å². The van der Waals surface area contributed by atoms with Crippen molar-refractivity contribution < 1.29 is 30.6 Å². The number of aromatic nitrogens is 3. The summed E-state index contributed by atoms with van der Waals surface area (Å²) in [5, 5.41) is 13.7. The van der Waals surface area contributed by atoms with Crippen LogP contribution in [0.4, 0.5) is 0 Å². The van der Waals surface area contributed by atoms with Crippen LogP contribution >= 0.6 is 0 Å². The molecule has 2 fully saturated rings. The van der Waals surface area contributed by atoms with Crippen LogP contribution in [0.15, 0.2) is 95.7 Å². The van der Waals surface area contributed by atoms with Crippen LogP contribution in [0, 0.1) is 11.5 Å². The first kappa shape index (κ1) is 34.7. The number of benzene rings is 4. The molecule has 0 atom stereocenters. The molecule has 0 aliphatic heterocycles. The molecular formula is C46H44N3O2Pt-. The normalized spacial score (nSPS) is 16.4. The number of hydrogen-bond donors (Lipinski definition) is 1. The third-order valence-electron chi connectivity index (χ3n) is 11.9. The van der Waals surface area contributed by atoms with E-state index in [1.54, 1.807) is 6.07 Å². The fourth-order valence-electron chi connectivity index (χ4n) is 8.81. The quantitative estimate of drug-likeness (QED) is 0.141. The average Bonchev–Trinajstić information content (AvgIpc) is 3.59. The SMILES string of the molecule is CC(C)(C)c1ccc(-c2nc3c(ccc4ncc5ccc(-c6cc(-c7ccc(C8CCC9(CCCCC9)CC8)cc7)ccn6)[c-]c5c43)o2)c(O)c1.[Pt]. The van der Waals surface area contributed by atoms with Crippen molar-refractivity contribution in [2.24, 2.45) is 5.41 Å². The molecule has 2 aliphatic carbocycles. The summed E-state index contributed by atoms with van der Waals surface area (Å²) in [4.78, 5) is 14.5. The number of phenolic OH excluding ortho intramolecular Hbond substituents is 1. The summed E-state index contributed by atoms with van der Waals surface area (Å²) in [7, 11) is 0. The molecule has 52 heavy (non-hydrogen) atoms. The first-order valence-corrected chi connectivity index (χ1v) is 18.7. The Labute approximate surface area is 320 Å². The second-order valence-electron chi connectivity index (χ2n) is 16.2. The fourth-order valence-corrected chi connectivity index (χ4v) is 8.81. The van der Waals surface area contributed by atoms with Crippen molar-refractivity contribution in [1.82, 2.24) is 15.0 Å². The van der Waals surface area contributed by atoms with E-state index in [1.807, 2.05) is 36.7 Å². The summed E-state index contributed by atoms with van der Waals surface area (Å²) in [5.41, 5.74) is 9.92. The molecule has 3 heterocycles. The third kappa shape index (κ3) is 6.36. The number of nitrogens with zero attached hydrogens (tertiary/aromatic N) is 3. The van der Waals surface area contributed by atoms with E-state index in [1.165, 1.54) is 68.9 Å². The predicted molar refractivity (Wildman–Crippen MR) is 207 cm³/mol. The Morgan fingerprint density at radius 1 is 0.808 bits per heavy atom. The molecule has 0 unspecified atom stereocenters. The number of rotatable bonds is 4. The number of hydrogen-bond acceptors (Lipinski definition) is 5. The van der Waals surface area contributed by atoms with E-state index in [-0.39, 0.29) is 32.2 Å². The van der Waals surface area contributed by atoms with E-state index in [2.05, 4.69) is 75.4 Å². The first-order valence-electron chi connectivity index (χ1n) is 18.7. The zero-order chi connectivity index (χ0) is 34.7. The van der Waals surface area contributed by atoms with Crippen molar-refractivity contribution in [2.75, 3.05) is 0 Å². The van der Waals surface area contributed by atoms with Crippen LogP contribution in [0.3, 0.4) is 0 Å². The van der Waals surface area contributed by atoms with Crippen LogP contribution in [0.2, 0.25) is 0 Å². The molecule has 0 amide bonds. The molecular weight excluding hydrogens is 822 g/mol. The molecule has 5 nitrogen and oxygen atoms in total. The Bertz CT molecular complexity index is 2410. The molecule has 1 spiro atoms. The van der Waals surface area contributed by atoms with Gasteiger partial charge in [-0.2, -0.15) is 0 Å². The number of aromatic hydroxyl groups is 1. The maximum atomic E-state index is 11.0. The van der Waals surface area contributed by atoms with E-state index in [4.69, 9.17) is 19.4 Å². The molecule has 0 bridgehead atoms. The van der Waals surface area contributed by atoms with Gasteiger partial charge >= 0.3 is 0 Å². The van der Waals surface area contributed by atoms with E-state index in [0.29, 0.717) is 33.9 Å². The van der Waals surface area contributed by atoms with Crippen LogP contribution in [-0.2, 0) is 26.5 Å². The van der Waals surface area contributed by atoms with Crippen molar-refractivity contribution >= 4 is 32.8 Å². The maximum absolute atomic E-state index is 11.0. The van der Waals surface area contributed by atoms with Gasteiger partial charge in [-0.15, -0.1) is 23.6 Å². The summed E-state index contributed by atoms with van der Waals surface area (Å²) >= 11 is 0. The molecule has 9 rings (SSSR count). The van der Waals surface area contributed by atoms with Crippen LogP contribution in [0.1, 0.15) is 95.6 Å². The summed E-state index contributed by atoms with van der Waals surface area (Å²) in [5.74, 6) is 1.21. The molecule has 0 saturated heterocycles. The number of oxazole rings is 1. The topological polar surface area (TPSA) is 72.0 Å². The van der Waals surface area contributed by atoms with E-state index < -0.39 is 0 Å². The predicted octanol–water partition coefficient (Wildman–Crippen LogP) is 12.3. The zero-order valence-corrected chi connectivity index (χ0v) is 32.4. The van der Waals surface area contributed by atoms with Crippen molar-refractivity contribution in [3.8, 4) is 39.6 Å². The van der Waals surface area contributed by atoms with Gasteiger partial charge in [0.25, 0.3) is 0 Å². The van der Waals surface area contributed by atoms with Gasteiger partial charge in [-0.1, -0.05) is 87.4 Å². The van der Waals surface area contributed by atoms with Crippen LogP contribution < -0.4 is 0 Å². The van der Waals surface area contributed by atoms with Gasteiger partial charge in [0.2, 0.25) is 5.89 Å². The Morgan fingerprint density at radius 2 is 1.60 bits per heavy atom. The minimum atomic E-state index is -0.0857. The fraction of sp³-hybridized carbons (Fsp3) is 0.326. The van der Waals surface area contributed by atoms with Gasteiger partial charge in [0.15, 0.2) is 0 Å². The smallest absolute Gasteiger partial charge is 0.230 e. The molecule has 0 radical (unpaired) electrons. The Kier molecular flexibility index (Phi) is 9.06. The van der Waals surface area contributed by atoms with Gasteiger partial charge in [0.05, 0.1) is 11.1 Å². The Morgan fingerprint density at radius 3 is 2.35 bits per heavy atom. The second kappa shape index (κ2) is 13.6. The number of pyridine rings is 2. The van der Waals surface area contributed by atoms with Gasteiger partial charge in [-0.05, 0) is 113 Å². The third-order valence-corrected chi connectivity index (χ3v) is 11.9. The van der Waals surface area contributed by atoms with Crippen LogP contribution in [-0.4, -0.2) is 20.1 Å². The summed E-state index contributed by atoms with van der Waals surface area (Å²) in [6, 6.07) is 30.9. The standard InChI is InChI=1S/C46H44N3O2.Pt/c1-45(2,3)35-13-14-36(40(50)27-35)44-49-43-41(51-44)16-15-38-42(43)37-25-33(11-12-34(37)28-48-38)39-26-32(19-24-47-39)30-9-7-29(8-10-30)31-17-22-46(23-18-31)20-5-4-6-21-46;/h7-16,19,24,26-28,31,50H,4-6,17-18,20-23H2,1-3H3;/q-1;. The molecule has 7 aromatic rings. The molecule has 2 saturated carbocycles. The van der Waals surface area contributed by atoms with E-state index in [9.17, 15) is 5.11 Å². The Hall–Kier alpha value is -4.34. The average molecular weight is 866 g/mol. The summed E-state index contributed by atoms with van der Waals surface area (Å²) < 4.78 is 6.25. The second-order valence-corrected chi connectivity index (χ2v) is 16.2.